The van der Waals surface area contributed by atoms with Crippen molar-refractivity contribution in [2.45, 2.75) is 44.7 Å². The first-order chi connectivity index (χ1) is 10.6. The molecule has 0 aromatic heterocycles. The standard InChI is InChI=1S/C16H22F2N2O2S/c1-12(2)20(13(3)4)10-6-5-9-19-23(21,22)16-11-14(17)7-8-15(16)18/h7-8,11-13,19H,9-10H2,1-4H3. The zero-order chi connectivity index (χ0) is 17.6. The molecule has 128 valence electrons. The Morgan fingerprint density at radius 2 is 1.74 bits per heavy atom. The van der Waals surface area contributed by atoms with E-state index in [1.54, 1.807) is 0 Å². The number of sulfonamides is 1. The van der Waals surface area contributed by atoms with Crippen LogP contribution in [0.4, 0.5) is 8.78 Å². The fraction of sp³-hybridized carbons (Fsp3) is 0.500. The lowest BCUT2D eigenvalue weighted by atomic mass is 10.2. The quantitative estimate of drug-likeness (QED) is 0.806. The molecule has 0 heterocycles. The van der Waals surface area contributed by atoms with Crippen LogP contribution in [0.5, 0.6) is 0 Å². The van der Waals surface area contributed by atoms with Gasteiger partial charge < -0.3 is 0 Å². The van der Waals surface area contributed by atoms with Gasteiger partial charge in [-0.25, -0.2) is 17.2 Å². The van der Waals surface area contributed by atoms with Crippen LogP contribution in [0.1, 0.15) is 27.7 Å². The first-order valence-electron chi connectivity index (χ1n) is 7.31. The highest BCUT2D eigenvalue weighted by Gasteiger charge is 2.19. The third-order valence-electron chi connectivity index (χ3n) is 3.25. The normalized spacial score (nSPS) is 11.9. The van der Waals surface area contributed by atoms with Gasteiger partial charge in [0.05, 0.1) is 13.1 Å². The summed E-state index contributed by atoms with van der Waals surface area (Å²) in [6.45, 7) is 8.55. The second-order valence-electron chi connectivity index (χ2n) is 5.61. The number of hydrogen-bond donors (Lipinski definition) is 1. The Kier molecular flexibility index (Phi) is 7.13. The largest absolute Gasteiger partial charge is 0.287 e. The third-order valence-corrected chi connectivity index (χ3v) is 4.66. The van der Waals surface area contributed by atoms with Gasteiger partial charge in [-0.15, -0.1) is 0 Å². The smallest absolute Gasteiger partial charge is 0.244 e. The second-order valence-corrected chi connectivity index (χ2v) is 7.35. The van der Waals surface area contributed by atoms with Crippen LogP contribution in [-0.2, 0) is 10.0 Å². The third kappa shape index (κ3) is 5.90. The van der Waals surface area contributed by atoms with E-state index in [1.165, 1.54) is 0 Å². The predicted octanol–water partition coefficient (Wildman–Crippen LogP) is 2.37. The number of nitrogens with zero attached hydrogens (tertiary/aromatic N) is 1. The molecule has 7 heteroatoms. The molecule has 0 unspecified atom stereocenters. The number of benzene rings is 1. The number of halogens is 2. The van der Waals surface area contributed by atoms with Crippen molar-refractivity contribution in [1.82, 2.24) is 9.62 Å². The van der Waals surface area contributed by atoms with E-state index in [2.05, 4.69) is 49.2 Å². The van der Waals surface area contributed by atoms with E-state index in [-0.39, 0.29) is 6.54 Å². The van der Waals surface area contributed by atoms with Gasteiger partial charge in [-0.1, -0.05) is 11.8 Å². The molecule has 0 atom stereocenters. The number of nitrogens with one attached hydrogen (secondary N) is 1. The summed E-state index contributed by atoms with van der Waals surface area (Å²) in [6.07, 6.45) is 0. The minimum atomic E-state index is -4.13. The van der Waals surface area contributed by atoms with Crippen molar-refractivity contribution in [3.8, 4) is 11.8 Å². The Labute approximate surface area is 136 Å². The van der Waals surface area contributed by atoms with Crippen LogP contribution in [-0.4, -0.2) is 38.5 Å². The van der Waals surface area contributed by atoms with Crippen LogP contribution in [0.15, 0.2) is 23.1 Å². The second kappa shape index (κ2) is 8.39. The average Bonchev–Trinajstić information content (AvgIpc) is 2.44. The monoisotopic (exact) mass is 344 g/mol. The molecule has 0 aliphatic heterocycles. The first-order valence-corrected chi connectivity index (χ1v) is 8.79. The molecule has 0 saturated heterocycles. The summed E-state index contributed by atoms with van der Waals surface area (Å²) in [5, 5.41) is 0. The van der Waals surface area contributed by atoms with Crippen molar-refractivity contribution in [1.29, 1.82) is 0 Å². The Hall–Kier alpha value is -1.49. The molecule has 1 aromatic carbocycles. The van der Waals surface area contributed by atoms with Gasteiger partial charge in [0.25, 0.3) is 0 Å². The topological polar surface area (TPSA) is 49.4 Å². The maximum Gasteiger partial charge on any atom is 0.244 e. The van der Waals surface area contributed by atoms with Crippen molar-refractivity contribution < 1.29 is 17.2 Å². The molecule has 0 fully saturated rings. The molecule has 0 aliphatic carbocycles. The van der Waals surface area contributed by atoms with E-state index < -0.39 is 26.6 Å². The summed E-state index contributed by atoms with van der Waals surface area (Å²) in [5.41, 5.74) is 0. The van der Waals surface area contributed by atoms with Crippen LogP contribution in [0.3, 0.4) is 0 Å². The van der Waals surface area contributed by atoms with Gasteiger partial charge in [-0.2, -0.15) is 4.72 Å². The van der Waals surface area contributed by atoms with Gasteiger partial charge >= 0.3 is 0 Å². The molecular formula is C16H22F2N2O2S. The Morgan fingerprint density at radius 3 is 2.30 bits per heavy atom. The van der Waals surface area contributed by atoms with Crippen molar-refractivity contribution in [2.75, 3.05) is 13.1 Å². The molecule has 0 bridgehead atoms. The first kappa shape index (κ1) is 19.6. The summed E-state index contributed by atoms with van der Waals surface area (Å²) in [6, 6.07) is 2.92. The lowest BCUT2D eigenvalue weighted by Crippen LogP contribution is -2.37. The van der Waals surface area contributed by atoms with Gasteiger partial charge in [0.15, 0.2) is 0 Å². The Bertz CT molecular complexity index is 684. The SMILES string of the molecule is CC(C)N(CC#CCNS(=O)(=O)c1cc(F)ccc1F)C(C)C. The van der Waals surface area contributed by atoms with Gasteiger partial charge in [-0.3, -0.25) is 4.90 Å². The van der Waals surface area contributed by atoms with E-state index >= 15 is 0 Å². The molecule has 23 heavy (non-hydrogen) atoms. The number of hydrogen-bond acceptors (Lipinski definition) is 3. The lowest BCUT2D eigenvalue weighted by molar-refractivity contribution is 0.200. The summed E-state index contributed by atoms with van der Waals surface area (Å²) >= 11 is 0. The molecule has 4 nitrogen and oxygen atoms in total. The maximum absolute atomic E-state index is 13.5. The molecule has 1 rings (SSSR count). The zero-order valence-electron chi connectivity index (χ0n) is 13.7. The Balaban J connectivity index is 2.68. The summed E-state index contributed by atoms with van der Waals surface area (Å²) in [4.78, 5) is 1.43. The maximum atomic E-state index is 13.5. The van der Waals surface area contributed by atoms with Crippen LogP contribution in [0, 0.1) is 23.5 Å². The van der Waals surface area contributed by atoms with Crippen LogP contribution in [0.2, 0.25) is 0 Å². The molecular weight excluding hydrogens is 322 g/mol. The molecule has 1 aromatic rings. The average molecular weight is 344 g/mol. The summed E-state index contributed by atoms with van der Waals surface area (Å²) in [7, 11) is -4.13. The van der Waals surface area contributed by atoms with Crippen LogP contribution in [0.25, 0.3) is 0 Å². The molecule has 0 amide bonds. The van der Waals surface area contributed by atoms with E-state index in [4.69, 9.17) is 0 Å². The van der Waals surface area contributed by atoms with E-state index in [0.29, 0.717) is 24.7 Å². The van der Waals surface area contributed by atoms with Crippen LogP contribution >= 0.6 is 0 Å². The van der Waals surface area contributed by atoms with E-state index in [0.717, 1.165) is 12.1 Å². The number of rotatable bonds is 6. The zero-order valence-corrected chi connectivity index (χ0v) is 14.5. The fourth-order valence-corrected chi connectivity index (χ4v) is 3.07. The summed E-state index contributed by atoms with van der Waals surface area (Å²) in [5.74, 6) is 3.75. The molecule has 0 spiro atoms. The van der Waals surface area contributed by atoms with Gasteiger partial charge in [0.1, 0.15) is 16.5 Å². The van der Waals surface area contributed by atoms with Crippen molar-refractivity contribution >= 4 is 10.0 Å². The van der Waals surface area contributed by atoms with Crippen molar-refractivity contribution in [3.05, 3.63) is 29.8 Å². The highest BCUT2D eigenvalue weighted by molar-refractivity contribution is 7.89. The van der Waals surface area contributed by atoms with Gasteiger partial charge in [-0.05, 0) is 45.9 Å². The predicted molar refractivity (Wildman–Crippen MR) is 86.3 cm³/mol. The fourth-order valence-electron chi connectivity index (χ4n) is 2.06. The van der Waals surface area contributed by atoms with Gasteiger partial charge in [0, 0.05) is 12.1 Å². The lowest BCUT2D eigenvalue weighted by Gasteiger charge is -2.28. The van der Waals surface area contributed by atoms with E-state index in [1.807, 2.05) is 0 Å². The van der Waals surface area contributed by atoms with Crippen molar-refractivity contribution in [2.24, 2.45) is 0 Å². The molecule has 1 N–H and O–H groups in total. The molecule has 0 aliphatic rings. The molecule has 0 radical (unpaired) electrons. The molecule has 0 saturated carbocycles. The van der Waals surface area contributed by atoms with Crippen molar-refractivity contribution in [3.63, 3.8) is 0 Å². The minimum absolute atomic E-state index is 0.164. The van der Waals surface area contributed by atoms with E-state index in [9.17, 15) is 17.2 Å². The van der Waals surface area contributed by atoms with Crippen LogP contribution < -0.4 is 4.72 Å². The Morgan fingerprint density at radius 1 is 1.13 bits per heavy atom. The van der Waals surface area contributed by atoms with Gasteiger partial charge in [0.2, 0.25) is 10.0 Å². The summed E-state index contributed by atoms with van der Waals surface area (Å²) < 4.78 is 52.6. The highest BCUT2D eigenvalue weighted by Crippen LogP contribution is 2.15. The minimum Gasteiger partial charge on any atom is -0.287 e. The highest BCUT2D eigenvalue weighted by atomic mass is 32.2.